The van der Waals surface area contributed by atoms with Gasteiger partial charge in [0, 0.05) is 9.14 Å². The van der Waals surface area contributed by atoms with Gasteiger partial charge in [0.05, 0.1) is 0 Å². The second kappa shape index (κ2) is 7.11. The summed E-state index contributed by atoms with van der Waals surface area (Å²) in [5.74, 6) is 0.671. The molecule has 0 aliphatic heterocycles. The first-order valence-electron chi connectivity index (χ1n) is 7.61. The van der Waals surface area contributed by atoms with Crippen molar-refractivity contribution in [1.29, 1.82) is 0 Å². The maximum Gasteiger partial charge on any atom is 0.0208 e. The Bertz CT molecular complexity index is 657. The lowest BCUT2D eigenvalue weighted by atomic mass is 9.91. The third-order valence-corrected chi connectivity index (χ3v) is 5.12. The third-order valence-electron chi connectivity index (χ3n) is 4.14. The lowest BCUT2D eigenvalue weighted by Crippen LogP contribution is -1.96. The normalized spacial score (nSPS) is 14.7. The Hall–Kier alpha value is -1.31. The Kier molecular flexibility index (Phi) is 4.95. The topological polar surface area (TPSA) is 0 Å². The van der Waals surface area contributed by atoms with Crippen molar-refractivity contribution in [1.82, 2.24) is 0 Å². The van der Waals surface area contributed by atoms with Crippen LogP contribution in [0.5, 0.6) is 0 Å². The summed E-state index contributed by atoms with van der Waals surface area (Å²) >= 11 is 2.39. The molecule has 2 aromatic carbocycles. The Morgan fingerprint density at radius 2 is 1.62 bits per heavy atom. The fourth-order valence-electron chi connectivity index (χ4n) is 3.02. The summed E-state index contributed by atoms with van der Waals surface area (Å²) in [6.45, 7) is 0. The zero-order chi connectivity index (χ0) is 14.5. The van der Waals surface area contributed by atoms with E-state index in [0.717, 1.165) is 0 Å². The van der Waals surface area contributed by atoms with Gasteiger partial charge < -0.3 is 0 Å². The van der Waals surface area contributed by atoms with Crippen molar-refractivity contribution >= 4 is 34.2 Å². The zero-order valence-corrected chi connectivity index (χ0v) is 14.2. The van der Waals surface area contributed by atoms with Gasteiger partial charge in [0.1, 0.15) is 0 Å². The molecular weight excluding hydrogens is 367 g/mol. The van der Waals surface area contributed by atoms with E-state index >= 15 is 0 Å². The zero-order valence-electron chi connectivity index (χ0n) is 12.1. The van der Waals surface area contributed by atoms with E-state index < -0.39 is 0 Å². The van der Waals surface area contributed by atoms with Crippen molar-refractivity contribution in [3.63, 3.8) is 0 Å². The molecule has 0 spiro atoms. The van der Waals surface area contributed by atoms with Crippen LogP contribution in [0.4, 0.5) is 0 Å². The van der Waals surface area contributed by atoms with Crippen LogP contribution < -0.4 is 0 Å². The summed E-state index contributed by atoms with van der Waals surface area (Å²) in [6.07, 6.45) is 7.47. The summed E-state index contributed by atoms with van der Waals surface area (Å²) in [7, 11) is 0. The maximum atomic E-state index is 3.62. The molecule has 1 heteroatoms. The van der Waals surface area contributed by atoms with Gasteiger partial charge in [-0.15, -0.1) is 5.73 Å². The highest BCUT2D eigenvalue weighted by molar-refractivity contribution is 14.1. The van der Waals surface area contributed by atoms with E-state index in [1.165, 1.54) is 46.0 Å². The molecule has 1 aliphatic rings. The Labute approximate surface area is 140 Å². The molecule has 1 saturated carbocycles. The fourth-order valence-corrected chi connectivity index (χ4v) is 3.56. The smallest absolute Gasteiger partial charge is 0.0208 e. The van der Waals surface area contributed by atoms with Crippen LogP contribution in [0.3, 0.4) is 0 Å². The van der Waals surface area contributed by atoms with Crippen LogP contribution in [0.2, 0.25) is 0 Å². The maximum absolute atomic E-state index is 3.62. The van der Waals surface area contributed by atoms with E-state index in [2.05, 4.69) is 89.0 Å². The van der Waals surface area contributed by atoms with Crippen LogP contribution in [-0.4, -0.2) is 0 Å². The van der Waals surface area contributed by atoms with E-state index in [4.69, 9.17) is 0 Å². The molecule has 106 valence electrons. The van der Waals surface area contributed by atoms with Crippen molar-refractivity contribution in [2.24, 2.45) is 5.92 Å². The first kappa shape index (κ1) is 14.6. The van der Waals surface area contributed by atoms with Crippen molar-refractivity contribution in [2.45, 2.75) is 25.7 Å². The lowest BCUT2D eigenvalue weighted by molar-refractivity contribution is 0.707. The van der Waals surface area contributed by atoms with E-state index in [1.807, 2.05) is 0 Å². The highest BCUT2D eigenvalue weighted by atomic mass is 127. The molecule has 0 unspecified atom stereocenters. The summed E-state index contributed by atoms with van der Waals surface area (Å²) in [5, 5.41) is 0. The Balaban J connectivity index is 2.02. The minimum absolute atomic E-state index is 0.671. The van der Waals surface area contributed by atoms with Gasteiger partial charge >= 0.3 is 0 Å². The molecule has 0 aromatic heterocycles. The van der Waals surface area contributed by atoms with Crippen LogP contribution in [0.1, 0.15) is 36.8 Å². The molecule has 3 rings (SSSR count). The van der Waals surface area contributed by atoms with Crippen LogP contribution >= 0.6 is 22.6 Å². The molecule has 0 saturated heterocycles. The van der Waals surface area contributed by atoms with Crippen LogP contribution in [0, 0.1) is 9.49 Å². The van der Waals surface area contributed by atoms with Crippen molar-refractivity contribution in [3.05, 3.63) is 75.0 Å². The van der Waals surface area contributed by atoms with Crippen molar-refractivity contribution in [3.8, 4) is 0 Å². The monoisotopic (exact) mass is 386 g/mol. The van der Waals surface area contributed by atoms with E-state index in [1.54, 1.807) is 0 Å². The van der Waals surface area contributed by atoms with Gasteiger partial charge in [-0.1, -0.05) is 61.4 Å². The quantitative estimate of drug-likeness (QED) is 0.437. The van der Waals surface area contributed by atoms with Crippen LogP contribution in [0.15, 0.2) is 60.3 Å². The van der Waals surface area contributed by atoms with Crippen molar-refractivity contribution < 1.29 is 0 Å². The van der Waals surface area contributed by atoms with Gasteiger partial charge in [-0.3, -0.25) is 0 Å². The van der Waals surface area contributed by atoms with E-state index in [0.29, 0.717) is 5.92 Å². The lowest BCUT2D eigenvalue weighted by Gasteiger charge is -2.12. The van der Waals surface area contributed by atoms with Gasteiger partial charge in [0.2, 0.25) is 0 Å². The highest BCUT2D eigenvalue weighted by Crippen LogP contribution is 2.36. The number of allylic oxidation sites excluding steroid dienone is 1. The molecule has 2 aromatic rings. The molecule has 0 amide bonds. The number of hydrogen-bond donors (Lipinski definition) is 0. The fraction of sp³-hybridized carbons (Fsp3) is 0.250. The van der Waals surface area contributed by atoms with Crippen molar-refractivity contribution in [2.75, 3.05) is 0 Å². The summed E-state index contributed by atoms with van der Waals surface area (Å²) in [6, 6.07) is 19.2. The van der Waals surface area contributed by atoms with E-state index in [9.17, 15) is 0 Å². The number of benzene rings is 2. The summed E-state index contributed by atoms with van der Waals surface area (Å²) in [4.78, 5) is 0. The number of rotatable bonds is 3. The average Bonchev–Trinajstić information content (AvgIpc) is 3.04. The Morgan fingerprint density at radius 3 is 2.33 bits per heavy atom. The van der Waals surface area contributed by atoms with Gasteiger partial charge in [-0.2, -0.15) is 0 Å². The predicted octanol–water partition coefficient (Wildman–Crippen LogP) is 6.18. The predicted molar refractivity (Wildman–Crippen MR) is 98.9 cm³/mol. The largest absolute Gasteiger partial charge is 0.116 e. The van der Waals surface area contributed by atoms with Gasteiger partial charge in [0.25, 0.3) is 0 Å². The summed E-state index contributed by atoms with van der Waals surface area (Å²) < 4.78 is 1.28. The molecule has 1 aliphatic carbocycles. The SMILES string of the molecule is Ic1ccccc1C=C=C(c1ccccc1)C1CCCC1. The first-order chi connectivity index (χ1) is 10.3. The standard InChI is InChI=1S/C20H19I/c21-20-13-7-6-12-18(20)14-15-19(17-10-4-5-11-17)16-8-2-1-3-9-16/h1-3,6-9,12-14,17H,4-5,10-11H2. The molecule has 0 nitrogen and oxygen atoms in total. The molecule has 0 heterocycles. The van der Waals surface area contributed by atoms with Gasteiger partial charge in [-0.05, 0) is 64.6 Å². The molecule has 0 bridgehead atoms. The van der Waals surface area contributed by atoms with Crippen LogP contribution in [0.25, 0.3) is 11.6 Å². The minimum atomic E-state index is 0.671. The number of halogens is 1. The first-order valence-corrected chi connectivity index (χ1v) is 8.69. The Morgan fingerprint density at radius 1 is 0.952 bits per heavy atom. The summed E-state index contributed by atoms with van der Waals surface area (Å²) in [5.41, 5.74) is 7.58. The van der Waals surface area contributed by atoms with Crippen LogP contribution in [-0.2, 0) is 0 Å². The van der Waals surface area contributed by atoms with E-state index in [-0.39, 0.29) is 0 Å². The second-order valence-electron chi connectivity index (χ2n) is 5.57. The number of hydrogen-bond acceptors (Lipinski definition) is 0. The van der Waals surface area contributed by atoms with Gasteiger partial charge in [0.15, 0.2) is 0 Å². The average molecular weight is 386 g/mol. The molecule has 1 fully saturated rings. The minimum Gasteiger partial charge on any atom is -0.116 e. The molecule has 0 N–H and O–H groups in total. The molecule has 0 atom stereocenters. The molecule has 21 heavy (non-hydrogen) atoms. The highest BCUT2D eigenvalue weighted by Gasteiger charge is 2.20. The molecular formula is C20H19I. The molecule has 0 radical (unpaired) electrons. The third kappa shape index (κ3) is 3.66. The van der Waals surface area contributed by atoms with Gasteiger partial charge in [-0.25, -0.2) is 0 Å². The second-order valence-corrected chi connectivity index (χ2v) is 6.73.